The second-order valence-corrected chi connectivity index (χ2v) is 9.67. The molecule has 0 saturated carbocycles. The Bertz CT molecular complexity index is 979. The molecule has 1 aromatic carbocycles. The molecule has 4 rings (SSSR count). The topological polar surface area (TPSA) is 101 Å². The number of rotatable bonds is 6. The zero-order valence-corrected chi connectivity index (χ0v) is 20.0. The minimum absolute atomic E-state index is 0.0619. The van der Waals surface area contributed by atoms with Gasteiger partial charge in [-0.3, -0.25) is 10.3 Å². The second-order valence-electron chi connectivity index (χ2n) is 9.27. The van der Waals surface area contributed by atoms with Gasteiger partial charge >= 0.3 is 6.03 Å². The van der Waals surface area contributed by atoms with Gasteiger partial charge in [0.1, 0.15) is 18.5 Å². The first-order valence-electron chi connectivity index (χ1n) is 11.2. The highest BCUT2D eigenvalue weighted by Crippen LogP contribution is 2.41. The van der Waals surface area contributed by atoms with Crippen LogP contribution in [0.1, 0.15) is 26.0 Å². The summed E-state index contributed by atoms with van der Waals surface area (Å²) < 4.78 is 11.9. The average Bonchev–Trinajstić information content (AvgIpc) is 3.15. The van der Waals surface area contributed by atoms with E-state index < -0.39 is 6.03 Å². The molecule has 1 aromatic heterocycles. The van der Waals surface area contributed by atoms with Gasteiger partial charge in [-0.15, -0.1) is 0 Å². The van der Waals surface area contributed by atoms with E-state index in [4.69, 9.17) is 21.1 Å². The minimum atomic E-state index is -0.459. The van der Waals surface area contributed by atoms with Crippen molar-refractivity contribution in [2.45, 2.75) is 33.3 Å². The number of aromatic nitrogens is 2. The first-order valence-corrected chi connectivity index (χ1v) is 11.6. The summed E-state index contributed by atoms with van der Waals surface area (Å²) in [6.07, 6.45) is 4.12. The Morgan fingerprint density at radius 1 is 1.33 bits per heavy atom. The van der Waals surface area contributed by atoms with Gasteiger partial charge in [0.25, 0.3) is 0 Å². The second kappa shape index (κ2) is 10.1. The van der Waals surface area contributed by atoms with Crippen molar-refractivity contribution >= 4 is 34.8 Å². The number of carbonyl (C=O) groups excluding carboxylic acids is 1. The average molecular weight is 475 g/mol. The van der Waals surface area contributed by atoms with Crippen LogP contribution in [0, 0.1) is 12.3 Å². The van der Waals surface area contributed by atoms with Crippen molar-refractivity contribution in [2.24, 2.45) is 5.41 Å². The number of nitrogens with one attached hydrogen (secondary N) is 3. The van der Waals surface area contributed by atoms with Crippen molar-refractivity contribution in [3.63, 3.8) is 0 Å². The molecule has 10 heteroatoms. The highest BCUT2D eigenvalue weighted by atomic mass is 35.5. The van der Waals surface area contributed by atoms with Crippen LogP contribution in [0.5, 0.6) is 5.75 Å². The van der Waals surface area contributed by atoms with Crippen molar-refractivity contribution in [3.05, 3.63) is 35.2 Å². The van der Waals surface area contributed by atoms with E-state index in [-0.39, 0.29) is 11.5 Å². The lowest BCUT2D eigenvalue weighted by atomic mass is 9.93. The first-order chi connectivity index (χ1) is 15.8. The number of ether oxygens (including phenoxy) is 2. The lowest BCUT2D eigenvalue weighted by Crippen LogP contribution is -2.41. The summed E-state index contributed by atoms with van der Waals surface area (Å²) in [5, 5.41) is 9.37. The zero-order valence-electron chi connectivity index (χ0n) is 19.3. The molecular formula is C23H31ClN6O3. The number of carbonyl (C=O) groups is 1. The molecule has 1 atom stereocenters. The lowest BCUT2D eigenvalue weighted by molar-refractivity contribution is 0.000358. The number of morpholine rings is 1. The molecule has 2 fully saturated rings. The van der Waals surface area contributed by atoms with Gasteiger partial charge in [-0.25, -0.2) is 9.78 Å². The summed E-state index contributed by atoms with van der Waals surface area (Å²) in [6.45, 7) is 10.7. The predicted molar refractivity (Wildman–Crippen MR) is 130 cm³/mol. The molecule has 2 aliphatic heterocycles. The Hall–Kier alpha value is -2.62. The molecule has 178 valence electrons. The van der Waals surface area contributed by atoms with Gasteiger partial charge in [-0.1, -0.05) is 25.4 Å². The Kier molecular flexibility index (Phi) is 7.21. The monoisotopic (exact) mass is 474 g/mol. The van der Waals surface area contributed by atoms with E-state index in [0.29, 0.717) is 35.5 Å². The molecule has 2 aromatic rings. The van der Waals surface area contributed by atoms with Gasteiger partial charge in [0, 0.05) is 32.2 Å². The predicted octanol–water partition coefficient (Wildman–Crippen LogP) is 3.69. The standard InChI is InChI=1S/C23H31ClN6O3/c1-15-10-27-21(12-26-15)29-22(31)28-18-8-17(24)19(30-6-4-23(2,3)14-30)9-20(18)33-13-16-11-25-5-7-32-16/h8-10,12,16,25H,4-7,11,13-14H2,1-3H3,(H2,27,28,29,31)/t16-/m0/s1. The molecule has 0 aliphatic carbocycles. The molecule has 9 nitrogen and oxygen atoms in total. The number of hydrogen-bond acceptors (Lipinski definition) is 7. The van der Waals surface area contributed by atoms with Crippen molar-refractivity contribution in [2.75, 3.05) is 54.9 Å². The highest BCUT2D eigenvalue weighted by molar-refractivity contribution is 6.33. The smallest absolute Gasteiger partial charge is 0.325 e. The van der Waals surface area contributed by atoms with E-state index >= 15 is 0 Å². The molecule has 2 amide bonds. The molecular weight excluding hydrogens is 444 g/mol. The Labute approximate surface area is 199 Å². The summed E-state index contributed by atoms with van der Waals surface area (Å²) in [4.78, 5) is 23.2. The molecule has 0 spiro atoms. The summed E-state index contributed by atoms with van der Waals surface area (Å²) >= 11 is 6.66. The molecule has 3 heterocycles. The van der Waals surface area contributed by atoms with Crippen LogP contribution in [-0.2, 0) is 4.74 Å². The maximum atomic E-state index is 12.6. The van der Waals surface area contributed by atoms with Crippen molar-refractivity contribution < 1.29 is 14.3 Å². The van der Waals surface area contributed by atoms with Crippen LogP contribution in [-0.4, -0.2) is 61.5 Å². The minimum Gasteiger partial charge on any atom is -0.489 e. The zero-order chi connectivity index (χ0) is 23.4. The third kappa shape index (κ3) is 6.25. The normalized spacial score (nSPS) is 19.9. The molecule has 33 heavy (non-hydrogen) atoms. The van der Waals surface area contributed by atoms with Crippen LogP contribution in [0.3, 0.4) is 0 Å². The third-order valence-corrected chi connectivity index (χ3v) is 6.07. The van der Waals surface area contributed by atoms with E-state index in [1.807, 2.05) is 13.0 Å². The van der Waals surface area contributed by atoms with E-state index in [1.54, 1.807) is 12.3 Å². The van der Waals surface area contributed by atoms with Crippen LogP contribution in [0.25, 0.3) is 0 Å². The number of hydrogen-bond donors (Lipinski definition) is 3. The van der Waals surface area contributed by atoms with Crippen molar-refractivity contribution in [3.8, 4) is 5.75 Å². The number of nitrogens with zero attached hydrogens (tertiary/aromatic N) is 3. The van der Waals surface area contributed by atoms with E-state index in [2.05, 4.69) is 44.7 Å². The third-order valence-electron chi connectivity index (χ3n) is 5.77. The maximum absolute atomic E-state index is 12.6. The van der Waals surface area contributed by atoms with Crippen molar-refractivity contribution in [1.29, 1.82) is 0 Å². The fourth-order valence-electron chi connectivity index (χ4n) is 3.96. The number of benzene rings is 1. The first kappa shape index (κ1) is 23.5. The Morgan fingerprint density at radius 2 is 2.18 bits per heavy atom. The largest absolute Gasteiger partial charge is 0.489 e. The fraction of sp³-hybridized carbons (Fsp3) is 0.522. The Morgan fingerprint density at radius 3 is 2.85 bits per heavy atom. The van der Waals surface area contributed by atoms with Gasteiger partial charge in [-0.05, 0) is 24.8 Å². The van der Waals surface area contributed by atoms with Crippen LogP contribution >= 0.6 is 11.6 Å². The summed E-state index contributed by atoms with van der Waals surface area (Å²) in [6, 6.07) is 3.18. The number of halogens is 1. The van der Waals surface area contributed by atoms with Crippen LogP contribution in [0.15, 0.2) is 24.5 Å². The number of amides is 2. The van der Waals surface area contributed by atoms with E-state index in [0.717, 1.165) is 44.0 Å². The van der Waals surface area contributed by atoms with Gasteiger partial charge < -0.3 is 25.0 Å². The van der Waals surface area contributed by atoms with Crippen LogP contribution in [0.2, 0.25) is 5.02 Å². The van der Waals surface area contributed by atoms with Crippen molar-refractivity contribution in [1.82, 2.24) is 15.3 Å². The molecule has 0 bridgehead atoms. The highest BCUT2D eigenvalue weighted by Gasteiger charge is 2.31. The number of anilines is 3. The lowest BCUT2D eigenvalue weighted by Gasteiger charge is -2.26. The number of urea groups is 1. The van der Waals surface area contributed by atoms with E-state index in [1.165, 1.54) is 6.20 Å². The van der Waals surface area contributed by atoms with Crippen LogP contribution in [0.4, 0.5) is 22.0 Å². The molecule has 0 radical (unpaired) electrons. The number of aryl methyl sites for hydroxylation is 1. The fourth-order valence-corrected chi connectivity index (χ4v) is 4.24. The van der Waals surface area contributed by atoms with E-state index in [9.17, 15) is 4.79 Å². The van der Waals surface area contributed by atoms with Gasteiger partial charge in [0.05, 0.1) is 41.1 Å². The molecule has 2 aliphatic rings. The van der Waals surface area contributed by atoms with Gasteiger partial charge in [0.15, 0.2) is 5.82 Å². The molecule has 2 saturated heterocycles. The quantitative estimate of drug-likeness (QED) is 0.587. The summed E-state index contributed by atoms with van der Waals surface area (Å²) in [5.74, 6) is 0.891. The maximum Gasteiger partial charge on any atom is 0.325 e. The summed E-state index contributed by atoms with van der Waals surface area (Å²) in [5.41, 5.74) is 2.36. The van der Waals surface area contributed by atoms with Crippen LogP contribution < -0.4 is 25.6 Å². The van der Waals surface area contributed by atoms with Gasteiger partial charge in [0.2, 0.25) is 0 Å². The molecule has 0 unspecified atom stereocenters. The Balaban J connectivity index is 1.53. The van der Waals surface area contributed by atoms with Gasteiger partial charge in [-0.2, -0.15) is 0 Å². The molecule has 3 N–H and O–H groups in total. The SMILES string of the molecule is Cc1cnc(NC(=O)Nc2cc(Cl)c(N3CCC(C)(C)C3)cc2OC[C@@H]2CNCCO2)cn1. The summed E-state index contributed by atoms with van der Waals surface area (Å²) in [7, 11) is 0.